The first-order valence-electron chi connectivity index (χ1n) is 8.34. The molecule has 4 atom stereocenters. The van der Waals surface area contributed by atoms with Gasteiger partial charge in [0.2, 0.25) is 0 Å². The topological polar surface area (TPSA) is 29.9 Å². The van der Waals surface area contributed by atoms with E-state index >= 15 is 0 Å². The summed E-state index contributed by atoms with van der Waals surface area (Å²) in [6, 6.07) is 2.77. The largest absolute Gasteiger partial charge is 0.311 e. The minimum absolute atomic E-state index is 0.456. The first-order valence-corrected chi connectivity index (χ1v) is 8.34. The Morgan fingerprint density at radius 2 is 2.05 bits per heavy atom. The zero-order valence-corrected chi connectivity index (χ0v) is 13.8. The second-order valence-electron chi connectivity index (χ2n) is 6.52. The third-order valence-corrected chi connectivity index (χ3v) is 5.26. The second-order valence-corrected chi connectivity index (χ2v) is 6.52. The molecule has 4 unspecified atom stereocenters. The summed E-state index contributed by atoms with van der Waals surface area (Å²) in [5.41, 5.74) is 2.61. The van der Waals surface area contributed by atoms with Crippen molar-refractivity contribution in [3.8, 4) is 0 Å². The van der Waals surface area contributed by atoms with Crippen LogP contribution in [-0.2, 0) is 13.0 Å². The number of hydrogen-bond donors (Lipinski definition) is 1. The van der Waals surface area contributed by atoms with Gasteiger partial charge in [0.25, 0.3) is 0 Å². The number of aryl methyl sites for hydroxylation is 2. The van der Waals surface area contributed by atoms with Gasteiger partial charge in [-0.3, -0.25) is 4.68 Å². The van der Waals surface area contributed by atoms with Crippen LogP contribution in [0, 0.1) is 17.8 Å². The van der Waals surface area contributed by atoms with Crippen LogP contribution in [0.15, 0.2) is 6.07 Å². The lowest BCUT2D eigenvalue weighted by molar-refractivity contribution is 0.171. The van der Waals surface area contributed by atoms with Crippen molar-refractivity contribution in [1.29, 1.82) is 0 Å². The predicted molar refractivity (Wildman–Crippen MR) is 84.7 cm³/mol. The quantitative estimate of drug-likeness (QED) is 0.887. The van der Waals surface area contributed by atoms with Crippen LogP contribution in [0.25, 0.3) is 0 Å². The van der Waals surface area contributed by atoms with Gasteiger partial charge < -0.3 is 5.32 Å². The van der Waals surface area contributed by atoms with E-state index in [0.29, 0.717) is 6.04 Å². The lowest BCUT2D eigenvalue weighted by Gasteiger charge is -2.36. The van der Waals surface area contributed by atoms with Crippen molar-refractivity contribution in [1.82, 2.24) is 15.1 Å². The average Bonchev–Trinajstić information content (AvgIpc) is 2.87. The lowest BCUT2D eigenvalue weighted by Crippen LogP contribution is -2.32. The highest BCUT2D eigenvalue weighted by Gasteiger charge is 2.31. The van der Waals surface area contributed by atoms with E-state index in [0.717, 1.165) is 30.7 Å². The molecule has 0 saturated heterocycles. The maximum absolute atomic E-state index is 4.72. The molecule has 0 aliphatic heterocycles. The van der Waals surface area contributed by atoms with E-state index in [2.05, 4.69) is 50.8 Å². The number of aromatic nitrogens is 2. The fourth-order valence-corrected chi connectivity index (χ4v) is 3.68. The van der Waals surface area contributed by atoms with E-state index < -0.39 is 0 Å². The van der Waals surface area contributed by atoms with E-state index in [1.807, 2.05) is 0 Å². The van der Waals surface area contributed by atoms with Crippen molar-refractivity contribution in [2.75, 3.05) is 7.05 Å². The Kier molecular flexibility index (Phi) is 5.25. The van der Waals surface area contributed by atoms with Gasteiger partial charge in [0.05, 0.1) is 17.4 Å². The molecule has 3 heteroatoms. The summed E-state index contributed by atoms with van der Waals surface area (Å²) < 4.78 is 2.20. The van der Waals surface area contributed by atoms with Crippen molar-refractivity contribution in [2.45, 2.75) is 66.0 Å². The molecule has 1 fully saturated rings. The Labute approximate surface area is 124 Å². The van der Waals surface area contributed by atoms with E-state index in [1.54, 1.807) is 0 Å². The minimum atomic E-state index is 0.456. The fourth-order valence-electron chi connectivity index (χ4n) is 3.68. The second kappa shape index (κ2) is 6.75. The molecule has 3 nitrogen and oxygen atoms in total. The smallest absolute Gasteiger partial charge is 0.0625 e. The highest BCUT2D eigenvalue weighted by atomic mass is 15.3. The van der Waals surface area contributed by atoms with Gasteiger partial charge >= 0.3 is 0 Å². The molecule has 0 aromatic carbocycles. The van der Waals surface area contributed by atoms with Crippen molar-refractivity contribution in [2.24, 2.45) is 17.8 Å². The summed E-state index contributed by atoms with van der Waals surface area (Å²) in [7, 11) is 2.10. The Bertz CT molecular complexity index is 424. The molecule has 0 spiro atoms. The summed E-state index contributed by atoms with van der Waals surface area (Å²) in [6.45, 7) is 10.2. The molecular weight excluding hydrogens is 246 g/mol. The average molecular weight is 277 g/mol. The first-order chi connectivity index (χ1) is 9.60. The van der Waals surface area contributed by atoms with Gasteiger partial charge in [-0.25, -0.2) is 0 Å². The highest BCUT2D eigenvalue weighted by molar-refractivity contribution is 5.16. The van der Waals surface area contributed by atoms with Crippen LogP contribution in [-0.4, -0.2) is 16.8 Å². The summed E-state index contributed by atoms with van der Waals surface area (Å²) in [5, 5.41) is 8.30. The van der Waals surface area contributed by atoms with Gasteiger partial charge in [-0.2, -0.15) is 5.10 Å². The molecular formula is C17H31N3. The molecule has 1 aromatic heterocycles. The standard InChI is InChI=1S/C17H31N3/c1-6-15-11-16(20(7-2)19-15)17(18-5)14-9-8-12(3)13(4)10-14/h11-14,17-18H,6-10H2,1-5H3. The van der Waals surface area contributed by atoms with Gasteiger partial charge in [-0.05, 0) is 57.1 Å². The molecule has 1 aromatic rings. The van der Waals surface area contributed by atoms with Gasteiger partial charge in [0.1, 0.15) is 0 Å². The Morgan fingerprint density at radius 1 is 1.30 bits per heavy atom. The van der Waals surface area contributed by atoms with Gasteiger partial charge in [-0.1, -0.05) is 27.2 Å². The van der Waals surface area contributed by atoms with Gasteiger partial charge in [-0.15, -0.1) is 0 Å². The highest BCUT2D eigenvalue weighted by Crippen LogP contribution is 2.39. The normalized spacial score (nSPS) is 28.6. The Morgan fingerprint density at radius 3 is 2.60 bits per heavy atom. The summed E-state index contributed by atoms with van der Waals surface area (Å²) in [6.07, 6.45) is 5.07. The molecule has 1 heterocycles. The first kappa shape index (κ1) is 15.6. The van der Waals surface area contributed by atoms with Crippen LogP contribution < -0.4 is 5.32 Å². The fraction of sp³-hybridized carbons (Fsp3) is 0.824. The molecule has 0 amide bonds. The Balaban J connectivity index is 2.21. The summed E-state index contributed by atoms with van der Waals surface area (Å²) in [5.74, 6) is 2.47. The maximum Gasteiger partial charge on any atom is 0.0625 e. The minimum Gasteiger partial charge on any atom is -0.311 e. The van der Waals surface area contributed by atoms with Gasteiger partial charge in [0.15, 0.2) is 0 Å². The number of nitrogens with one attached hydrogen (secondary N) is 1. The van der Waals surface area contributed by atoms with Gasteiger partial charge in [0, 0.05) is 6.54 Å². The van der Waals surface area contributed by atoms with Crippen LogP contribution in [0.2, 0.25) is 0 Å². The molecule has 1 aliphatic carbocycles. The zero-order chi connectivity index (χ0) is 14.7. The van der Waals surface area contributed by atoms with Crippen molar-refractivity contribution >= 4 is 0 Å². The maximum atomic E-state index is 4.72. The SMILES string of the molecule is CCc1cc(C(NC)C2CCC(C)C(C)C2)n(CC)n1. The van der Waals surface area contributed by atoms with Crippen molar-refractivity contribution in [3.05, 3.63) is 17.5 Å². The van der Waals surface area contributed by atoms with E-state index in [1.165, 1.54) is 30.7 Å². The summed E-state index contributed by atoms with van der Waals surface area (Å²) >= 11 is 0. The molecule has 1 N–H and O–H groups in total. The van der Waals surface area contributed by atoms with Crippen LogP contribution in [0.1, 0.15) is 64.4 Å². The molecule has 0 bridgehead atoms. The Hall–Kier alpha value is -0.830. The molecule has 1 aliphatic rings. The van der Waals surface area contributed by atoms with Crippen molar-refractivity contribution in [3.63, 3.8) is 0 Å². The van der Waals surface area contributed by atoms with Crippen LogP contribution in [0.4, 0.5) is 0 Å². The number of nitrogens with zero attached hydrogens (tertiary/aromatic N) is 2. The molecule has 20 heavy (non-hydrogen) atoms. The third-order valence-electron chi connectivity index (χ3n) is 5.26. The monoisotopic (exact) mass is 277 g/mol. The van der Waals surface area contributed by atoms with Crippen LogP contribution >= 0.6 is 0 Å². The molecule has 2 rings (SSSR count). The summed E-state index contributed by atoms with van der Waals surface area (Å²) in [4.78, 5) is 0. The lowest BCUT2D eigenvalue weighted by atomic mass is 9.72. The van der Waals surface area contributed by atoms with E-state index in [4.69, 9.17) is 5.10 Å². The van der Waals surface area contributed by atoms with Crippen molar-refractivity contribution < 1.29 is 0 Å². The molecule has 0 radical (unpaired) electrons. The molecule has 114 valence electrons. The predicted octanol–water partition coefficient (Wildman–Crippen LogP) is 3.80. The van der Waals surface area contributed by atoms with Crippen LogP contribution in [0.3, 0.4) is 0 Å². The molecule has 1 saturated carbocycles. The number of rotatable bonds is 5. The number of hydrogen-bond acceptors (Lipinski definition) is 2. The van der Waals surface area contributed by atoms with Crippen LogP contribution in [0.5, 0.6) is 0 Å². The third kappa shape index (κ3) is 3.08. The van der Waals surface area contributed by atoms with E-state index in [9.17, 15) is 0 Å². The zero-order valence-electron chi connectivity index (χ0n) is 13.8. The van der Waals surface area contributed by atoms with E-state index in [-0.39, 0.29) is 0 Å².